The summed E-state index contributed by atoms with van der Waals surface area (Å²) in [5, 5.41) is 2.95. The average Bonchev–Trinajstić information content (AvgIpc) is 2.76. The van der Waals surface area contributed by atoms with Crippen LogP contribution in [0.15, 0.2) is 48.5 Å². The van der Waals surface area contributed by atoms with Crippen LogP contribution in [-0.4, -0.2) is 28.8 Å². The first kappa shape index (κ1) is 23.6. The summed E-state index contributed by atoms with van der Waals surface area (Å²) in [6.07, 6.45) is 2.72. The maximum absolute atomic E-state index is 13.3. The third-order valence-electron chi connectivity index (χ3n) is 5.49. The van der Waals surface area contributed by atoms with Crippen molar-refractivity contribution in [3.63, 3.8) is 0 Å². The number of nitrogens with one attached hydrogen (secondary N) is 1. The number of carbonyl (C=O) groups excluding carboxylic acids is 2. The number of rotatable bonds is 10. The molecule has 0 fully saturated rings. The van der Waals surface area contributed by atoms with Crippen LogP contribution < -0.4 is 5.32 Å². The first-order chi connectivity index (χ1) is 14.3. The summed E-state index contributed by atoms with van der Waals surface area (Å²) in [5.41, 5.74) is 3.15. The van der Waals surface area contributed by atoms with Gasteiger partial charge in [-0.1, -0.05) is 50.2 Å². The molecule has 4 nitrogen and oxygen atoms in total. The minimum atomic E-state index is -0.612. The van der Waals surface area contributed by atoms with Gasteiger partial charge in [-0.3, -0.25) is 9.59 Å². The minimum absolute atomic E-state index is 0.0415. The SMILES string of the molecule is CCc1ccc(CCC(=O)N(Cc2ccc(F)cc2)[C@@H](C)C(=O)N[C@@H](C)CC)cc1. The summed E-state index contributed by atoms with van der Waals surface area (Å²) in [6.45, 7) is 8.06. The van der Waals surface area contributed by atoms with E-state index in [1.165, 1.54) is 17.7 Å². The maximum atomic E-state index is 13.3. The highest BCUT2D eigenvalue weighted by molar-refractivity contribution is 5.87. The monoisotopic (exact) mass is 412 g/mol. The summed E-state index contributed by atoms with van der Waals surface area (Å²) < 4.78 is 13.3. The van der Waals surface area contributed by atoms with Crippen LogP contribution in [0.3, 0.4) is 0 Å². The molecule has 2 rings (SSSR count). The molecule has 0 aliphatic carbocycles. The number of hydrogen-bond donors (Lipinski definition) is 1. The molecule has 0 radical (unpaired) electrons. The van der Waals surface area contributed by atoms with Crippen molar-refractivity contribution in [2.24, 2.45) is 0 Å². The lowest BCUT2D eigenvalue weighted by Gasteiger charge is -2.30. The van der Waals surface area contributed by atoms with Gasteiger partial charge in [-0.2, -0.15) is 0 Å². The highest BCUT2D eigenvalue weighted by Crippen LogP contribution is 2.14. The molecule has 162 valence electrons. The zero-order valence-electron chi connectivity index (χ0n) is 18.5. The summed E-state index contributed by atoms with van der Waals surface area (Å²) in [5.74, 6) is -0.590. The normalized spacial score (nSPS) is 12.8. The summed E-state index contributed by atoms with van der Waals surface area (Å²) in [7, 11) is 0. The topological polar surface area (TPSA) is 49.4 Å². The number of carbonyl (C=O) groups is 2. The van der Waals surface area contributed by atoms with Gasteiger partial charge in [0.15, 0.2) is 0 Å². The van der Waals surface area contributed by atoms with Gasteiger partial charge in [0, 0.05) is 19.0 Å². The Labute approximate surface area is 179 Å². The van der Waals surface area contributed by atoms with E-state index in [4.69, 9.17) is 0 Å². The maximum Gasteiger partial charge on any atom is 0.242 e. The van der Waals surface area contributed by atoms with E-state index in [1.54, 1.807) is 24.0 Å². The van der Waals surface area contributed by atoms with Gasteiger partial charge >= 0.3 is 0 Å². The molecule has 0 saturated heterocycles. The van der Waals surface area contributed by atoms with Gasteiger partial charge in [0.1, 0.15) is 11.9 Å². The second kappa shape index (κ2) is 11.5. The molecule has 5 heteroatoms. The summed E-state index contributed by atoms with van der Waals surface area (Å²) in [6, 6.07) is 13.7. The quantitative estimate of drug-likeness (QED) is 0.617. The number of nitrogens with zero attached hydrogens (tertiary/aromatic N) is 1. The molecule has 0 aromatic heterocycles. The van der Waals surface area contributed by atoms with E-state index in [2.05, 4.69) is 36.5 Å². The van der Waals surface area contributed by atoms with Crippen LogP contribution in [0, 0.1) is 5.82 Å². The van der Waals surface area contributed by atoms with Gasteiger partial charge in [-0.15, -0.1) is 0 Å². The van der Waals surface area contributed by atoms with Gasteiger partial charge < -0.3 is 10.2 Å². The average molecular weight is 413 g/mol. The Balaban J connectivity index is 2.12. The predicted molar refractivity (Wildman–Crippen MR) is 118 cm³/mol. The fourth-order valence-electron chi connectivity index (χ4n) is 3.17. The van der Waals surface area contributed by atoms with Crippen molar-refractivity contribution in [3.05, 3.63) is 71.0 Å². The van der Waals surface area contributed by atoms with Crippen molar-refractivity contribution in [1.82, 2.24) is 10.2 Å². The Morgan fingerprint density at radius 2 is 1.50 bits per heavy atom. The largest absolute Gasteiger partial charge is 0.352 e. The Morgan fingerprint density at radius 1 is 0.933 bits per heavy atom. The highest BCUT2D eigenvalue weighted by Gasteiger charge is 2.26. The Bertz CT molecular complexity index is 818. The molecule has 2 aromatic carbocycles. The Morgan fingerprint density at radius 3 is 2.07 bits per heavy atom. The molecule has 30 heavy (non-hydrogen) atoms. The van der Waals surface area contributed by atoms with E-state index in [-0.39, 0.29) is 30.2 Å². The lowest BCUT2D eigenvalue weighted by Crippen LogP contribution is -2.49. The standard InChI is InChI=1S/C25H33FN2O2/c1-5-18(3)27-25(30)19(4)28(17-22-11-14-23(26)15-12-22)24(29)16-13-21-9-7-20(6-2)8-10-21/h7-12,14-15,18-19H,5-6,13,16-17H2,1-4H3,(H,27,30)/t18-,19-/m0/s1. The number of halogens is 1. The van der Waals surface area contributed by atoms with Crippen LogP contribution in [0.4, 0.5) is 4.39 Å². The Hall–Kier alpha value is -2.69. The molecule has 0 bridgehead atoms. The molecule has 0 aliphatic rings. The Kier molecular flexibility index (Phi) is 9.03. The van der Waals surface area contributed by atoms with Gasteiger partial charge in [0.2, 0.25) is 11.8 Å². The molecule has 0 unspecified atom stereocenters. The molecule has 2 aromatic rings. The lowest BCUT2D eigenvalue weighted by atomic mass is 10.0. The molecule has 0 spiro atoms. The van der Waals surface area contributed by atoms with Crippen molar-refractivity contribution < 1.29 is 14.0 Å². The zero-order valence-corrected chi connectivity index (χ0v) is 18.5. The number of aryl methyl sites for hydroxylation is 2. The molecule has 0 heterocycles. The number of benzene rings is 2. The zero-order chi connectivity index (χ0) is 22.1. The van der Waals surface area contributed by atoms with Crippen molar-refractivity contribution in [2.45, 2.75) is 72.0 Å². The first-order valence-corrected chi connectivity index (χ1v) is 10.8. The molecule has 0 aliphatic heterocycles. The van der Waals surface area contributed by atoms with Crippen LogP contribution in [0.1, 0.15) is 57.2 Å². The second-order valence-electron chi connectivity index (χ2n) is 7.81. The summed E-state index contributed by atoms with van der Waals surface area (Å²) >= 11 is 0. The van der Waals surface area contributed by atoms with E-state index in [0.717, 1.165) is 24.0 Å². The molecule has 2 atom stereocenters. The van der Waals surface area contributed by atoms with Crippen molar-refractivity contribution >= 4 is 11.8 Å². The van der Waals surface area contributed by atoms with E-state index in [0.29, 0.717) is 12.8 Å². The fourth-order valence-corrected chi connectivity index (χ4v) is 3.17. The van der Waals surface area contributed by atoms with E-state index >= 15 is 0 Å². The van der Waals surface area contributed by atoms with E-state index in [1.807, 2.05) is 13.8 Å². The van der Waals surface area contributed by atoms with Crippen LogP contribution >= 0.6 is 0 Å². The molecular weight excluding hydrogens is 379 g/mol. The second-order valence-corrected chi connectivity index (χ2v) is 7.81. The highest BCUT2D eigenvalue weighted by atomic mass is 19.1. The van der Waals surface area contributed by atoms with E-state index in [9.17, 15) is 14.0 Å². The molecule has 2 amide bonds. The van der Waals surface area contributed by atoms with Crippen molar-refractivity contribution in [1.29, 1.82) is 0 Å². The first-order valence-electron chi connectivity index (χ1n) is 10.8. The smallest absolute Gasteiger partial charge is 0.242 e. The van der Waals surface area contributed by atoms with Crippen LogP contribution in [-0.2, 0) is 29.0 Å². The van der Waals surface area contributed by atoms with Crippen LogP contribution in [0.2, 0.25) is 0 Å². The molecular formula is C25H33FN2O2. The molecule has 0 saturated carbocycles. The van der Waals surface area contributed by atoms with E-state index < -0.39 is 6.04 Å². The molecule has 1 N–H and O–H groups in total. The number of hydrogen-bond acceptors (Lipinski definition) is 2. The van der Waals surface area contributed by atoms with Crippen LogP contribution in [0.25, 0.3) is 0 Å². The lowest BCUT2D eigenvalue weighted by molar-refractivity contribution is -0.140. The summed E-state index contributed by atoms with van der Waals surface area (Å²) in [4.78, 5) is 27.4. The van der Waals surface area contributed by atoms with Gasteiger partial charge in [-0.05, 0) is 61.9 Å². The predicted octanol–water partition coefficient (Wildman–Crippen LogP) is 4.65. The third kappa shape index (κ3) is 6.97. The van der Waals surface area contributed by atoms with Crippen LogP contribution in [0.5, 0.6) is 0 Å². The van der Waals surface area contributed by atoms with Gasteiger partial charge in [0.05, 0.1) is 0 Å². The third-order valence-corrected chi connectivity index (χ3v) is 5.49. The minimum Gasteiger partial charge on any atom is -0.352 e. The van der Waals surface area contributed by atoms with Gasteiger partial charge in [-0.25, -0.2) is 4.39 Å². The van der Waals surface area contributed by atoms with Crippen molar-refractivity contribution in [2.75, 3.05) is 0 Å². The number of amides is 2. The fraction of sp³-hybridized carbons (Fsp3) is 0.440. The van der Waals surface area contributed by atoms with Gasteiger partial charge in [0.25, 0.3) is 0 Å². The van der Waals surface area contributed by atoms with Crippen molar-refractivity contribution in [3.8, 4) is 0 Å².